The molecule has 4 nitrogen and oxygen atoms in total. The maximum absolute atomic E-state index is 12.5. The van der Waals surface area contributed by atoms with E-state index in [1.165, 1.54) is 4.90 Å². The van der Waals surface area contributed by atoms with Crippen LogP contribution in [0.25, 0.3) is 10.8 Å². The minimum Gasteiger partial charge on any atom is -0.497 e. The molecule has 0 aliphatic carbocycles. The summed E-state index contributed by atoms with van der Waals surface area (Å²) in [7, 11) is 1.64. The van der Waals surface area contributed by atoms with Crippen molar-refractivity contribution in [2.45, 2.75) is 20.3 Å². The lowest BCUT2D eigenvalue weighted by atomic mass is 10.0. The summed E-state index contributed by atoms with van der Waals surface area (Å²) in [5.41, 5.74) is 2.08. The first-order valence-corrected chi connectivity index (χ1v) is 9.20. The van der Waals surface area contributed by atoms with Gasteiger partial charge in [0.15, 0.2) is 0 Å². The molecule has 138 valence electrons. The summed E-state index contributed by atoms with van der Waals surface area (Å²) in [5.74, 6) is 0.373. The van der Waals surface area contributed by atoms with E-state index in [2.05, 4.69) is 0 Å². The average Bonchev–Trinajstić information content (AvgIpc) is 2.98. The highest BCUT2D eigenvalue weighted by atomic mass is 16.5. The fraction of sp³-hybridized carbons (Fsp3) is 0.217. The standard InChI is InChI=1S/C21H17NO3.C2H6/c1-25-16-10-9-14-5-4-6-15(19(14)13-16)11-12-22-20(23)17-7-2-3-8-18(17)21(22)24;1-2/h2-10,13H,11-12H2,1H3;1-2H3. The number of carbonyl (C=O) groups excluding carboxylic acids is 2. The molecule has 3 aromatic carbocycles. The van der Waals surface area contributed by atoms with Crippen LogP contribution in [0.3, 0.4) is 0 Å². The Balaban J connectivity index is 0.00000102. The van der Waals surface area contributed by atoms with Crippen LogP contribution in [0.15, 0.2) is 60.7 Å². The quantitative estimate of drug-likeness (QED) is 0.632. The summed E-state index contributed by atoms with van der Waals surface area (Å²) < 4.78 is 5.31. The number of fused-ring (bicyclic) bond motifs is 2. The highest BCUT2D eigenvalue weighted by molar-refractivity contribution is 6.21. The van der Waals surface area contributed by atoms with Crippen molar-refractivity contribution in [1.82, 2.24) is 4.90 Å². The highest BCUT2D eigenvalue weighted by Gasteiger charge is 2.34. The zero-order chi connectivity index (χ0) is 19.4. The maximum Gasteiger partial charge on any atom is 0.261 e. The Kier molecular flexibility index (Phi) is 5.55. The number of benzene rings is 3. The summed E-state index contributed by atoms with van der Waals surface area (Å²) in [6.07, 6.45) is 0.607. The van der Waals surface area contributed by atoms with Crippen LogP contribution in [-0.2, 0) is 6.42 Å². The van der Waals surface area contributed by atoms with Gasteiger partial charge in [-0.15, -0.1) is 0 Å². The van der Waals surface area contributed by atoms with Gasteiger partial charge in [0.25, 0.3) is 11.8 Å². The van der Waals surface area contributed by atoms with Gasteiger partial charge in [-0.1, -0.05) is 50.2 Å². The largest absolute Gasteiger partial charge is 0.497 e. The number of nitrogens with zero attached hydrogens (tertiary/aromatic N) is 1. The molecule has 0 spiro atoms. The molecule has 3 aromatic rings. The van der Waals surface area contributed by atoms with Gasteiger partial charge in [-0.2, -0.15) is 0 Å². The molecule has 1 aliphatic heterocycles. The van der Waals surface area contributed by atoms with E-state index in [-0.39, 0.29) is 11.8 Å². The van der Waals surface area contributed by atoms with Gasteiger partial charge in [0.2, 0.25) is 0 Å². The zero-order valence-electron chi connectivity index (χ0n) is 15.9. The third-order valence-electron chi connectivity index (χ3n) is 4.66. The molecule has 2 amide bonds. The molecular weight excluding hydrogens is 338 g/mol. The Bertz CT molecular complexity index is 959. The monoisotopic (exact) mass is 361 g/mol. The number of rotatable bonds is 4. The van der Waals surface area contributed by atoms with Gasteiger partial charge in [0.1, 0.15) is 5.75 Å². The van der Waals surface area contributed by atoms with Crippen molar-refractivity contribution in [3.05, 3.63) is 77.4 Å². The molecule has 4 heteroatoms. The molecule has 0 unspecified atom stereocenters. The third-order valence-corrected chi connectivity index (χ3v) is 4.66. The molecule has 4 rings (SSSR count). The predicted molar refractivity (Wildman–Crippen MR) is 107 cm³/mol. The van der Waals surface area contributed by atoms with Gasteiger partial charge >= 0.3 is 0 Å². The Morgan fingerprint density at radius 1 is 0.852 bits per heavy atom. The molecular formula is C23H23NO3. The molecule has 0 aromatic heterocycles. The topological polar surface area (TPSA) is 46.6 Å². The maximum atomic E-state index is 12.5. The molecule has 0 N–H and O–H groups in total. The van der Waals surface area contributed by atoms with Gasteiger partial charge in [0.05, 0.1) is 18.2 Å². The Morgan fingerprint density at radius 3 is 2.15 bits per heavy atom. The number of hydrogen-bond donors (Lipinski definition) is 0. The van der Waals surface area contributed by atoms with Gasteiger partial charge in [-0.25, -0.2) is 0 Å². The number of carbonyl (C=O) groups is 2. The lowest BCUT2D eigenvalue weighted by molar-refractivity contribution is 0.0656. The van der Waals surface area contributed by atoms with Crippen molar-refractivity contribution in [3.8, 4) is 5.75 Å². The van der Waals surface area contributed by atoms with Crippen LogP contribution >= 0.6 is 0 Å². The van der Waals surface area contributed by atoms with E-state index in [0.29, 0.717) is 24.1 Å². The Morgan fingerprint density at radius 2 is 1.52 bits per heavy atom. The van der Waals surface area contributed by atoms with Crippen molar-refractivity contribution in [2.24, 2.45) is 0 Å². The fourth-order valence-corrected chi connectivity index (χ4v) is 3.34. The zero-order valence-corrected chi connectivity index (χ0v) is 15.9. The first kappa shape index (κ1) is 18.6. The van der Waals surface area contributed by atoms with Crippen LogP contribution in [0, 0.1) is 0 Å². The number of imide groups is 1. The predicted octanol–water partition coefficient (Wildman–Crippen LogP) is 4.71. The van der Waals surface area contributed by atoms with Gasteiger partial charge in [-0.3, -0.25) is 14.5 Å². The lowest BCUT2D eigenvalue weighted by Crippen LogP contribution is -2.31. The SMILES string of the molecule is CC.COc1ccc2cccc(CCN3C(=O)c4ccccc4C3=O)c2c1. The van der Waals surface area contributed by atoms with Crippen LogP contribution in [0.4, 0.5) is 0 Å². The van der Waals surface area contributed by atoms with E-state index in [4.69, 9.17) is 4.74 Å². The van der Waals surface area contributed by atoms with Gasteiger partial charge < -0.3 is 4.74 Å². The van der Waals surface area contributed by atoms with Gasteiger partial charge in [-0.05, 0) is 47.0 Å². The summed E-state index contributed by atoms with van der Waals surface area (Å²) in [6.45, 7) is 4.36. The molecule has 0 atom stereocenters. The van der Waals surface area contributed by atoms with E-state index in [1.54, 1.807) is 31.4 Å². The minimum absolute atomic E-state index is 0.210. The second-order valence-corrected chi connectivity index (χ2v) is 6.06. The van der Waals surface area contributed by atoms with Crippen LogP contribution in [0.1, 0.15) is 40.1 Å². The van der Waals surface area contributed by atoms with Crippen LogP contribution in [0.5, 0.6) is 5.75 Å². The number of ether oxygens (including phenoxy) is 1. The van der Waals surface area contributed by atoms with Crippen LogP contribution in [0.2, 0.25) is 0 Å². The van der Waals surface area contributed by atoms with E-state index in [1.807, 2.05) is 50.2 Å². The molecule has 0 fully saturated rings. The molecule has 1 aliphatic rings. The number of methoxy groups -OCH3 is 1. The normalized spacial score (nSPS) is 12.6. The molecule has 0 radical (unpaired) electrons. The second-order valence-electron chi connectivity index (χ2n) is 6.06. The van der Waals surface area contributed by atoms with Gasteiger partial charge in [0, 0.05) is 6.54 Å². The van der Waals surface area contributed by atoms with Crippen LogP contribution < -0.4 is 4.74 Å². The Labute approximate surface area is 159 Å². The molecule has 0 bridgehead atoms. The summed E-state index contributed by atoms with van der Waals surface area (Å²) in [6, 6.07) is 19.0. The van der Waals surface area contributed by atoms with E-state index >= 15 is 0 Å². The van der Waals surface area contributed by atoms with E-state index in [9.17, 15) is 9.59 Å². The fourth-order valence-electron chi connectivity index (χ4n) is 3.34. The highest BCUT2D eigenvalue weighted by Crippen LogP contribution is 2.26. The first-order valence-electron chi connectivity index (χ1n) is 9.20. The molecule has 27 heavy (non-hydrogen) atoms. The lowest BCUT2D eigenvalue weighted by Gasteiger charge is -2.15. The third kappa shape index (κ3) is 3.43. The Hall–Kier alpha value is -3.14. The second kappa shape index (κ2) is 8.04. The van der Waals surface area contributed by atoms with E-state index < -0.39 is 0 Å². The van der Waals surface area contributed by atoms with Crippen molar-refractivity contribution in [2.75, 3.05) is 13.7 Å². The summed E-state index contributed by atoms with van der Waals surface area (Å²) in [4.78, 5) is 26.3. The molecule has 0 saturated heterocycles. The smallest absolute Gasteiger partial charge is 0.261 e. The summed E-state index contributed by atoms with van der Waals surface area (Å²) >= 11 is 0. The number of amides is 2. The summed E-state index contributed by atoms with van der Waals surface area (Å²) in [5, 5.41) is 2.19. The molecule has 0 saturated carbocycles. The van der Waals surface area contributed by atoms with Crippen LogP contribution in [-0.4, -0.2) is 30.4 Å². The number of hydrogen-bond acceptors (Lipinski definition) is 3. The van der Waals surface area contributed by atoms with Crippen molar-refractivity contribution in [1.29, 1.82) is 0 Å². The molecule has 1 heterocycles. The average molecular weight is 361 g/mol. The van der Waals surface area contributed by atoms with E-state index in [0.717, 1.165) is 22.1 Å². The minimum atomic E-state index is -0.210. The van der Waals surface area contributed by atoms with Crippen molar-refractivity contribution >= 4 is 22.6 Å². The van der Waals surface area contributed by atoms with Crippen molar-refractivity contribution < 1.29 is 14.3 Å². The first-order chi connectivity index (χ1) is 13.2. The van der Waals surface area contributed by atoms with Crippen molar-refractivity contribution in [3.63, 3.8) is 0 Å².